The van der Waals surface area contributed by atoms with Gasteiger partial charge >= 0.3 is 0 Å². The first-order valence-corrected chi connectivity index (χ1v) is 7.07. The number of hydrogen-bond donors (Lipinski definition) is 2. The molecule has 10 heteroatoms. The number of halogens is 2. The van der Waals surface area contributed by atoms with E-state index in [1.54, 1.807) is 24.2 Å². The monoisotopic (exact) mass is 376 g/mol. The molecule has 8 nitrogen and oxygen atoms in total. The lowest BCUT2D eigenvalue weighted by atomic mass is 10.3. The summed E-state index contributed by atoms with van der Waals surface area (Å²) in [6.45, 7) is 3.09. The predicted octanol–water partition coefficient (Wildman–Crippen LogP) is 0.531. The highest BCUT2D eigenvalue weighted by Gasteiger charge is 2.10. The molecule has 0 fully saturated rings. The summed E-state index contributed by atoms with van der Waals surface area (Å²) in [7, 11) is 1.65. The van der Waals surface area contributed by atoms with Crippen LogP contribution in [0.15, 0.2) is 30.6 Å². The van der Waals surface area contributed by atoms with Crippen molar-refractivity contribution in [3.05, 3.63) is 42.0 Å². The van der Waals surface area contributed by atoms with Gasteiger partial charge in [-0.15, -0.1) is 29.9 Å². The lowest BCUT2D eigenvalue weighted by Crippen LogP contribution is -2.33. The van der Waals surface area contributed by atoms with Crippen LogP contribution in [-0.2, 0) is 11.3 Å². The van der Waals surface area contributed by atoms with E-state index < -0.39 is 0 Å². The van der Waals surface area contributed by atoms with Gasteiger partial charge < -0.3 is 15.4 Å². The van der Waals surface area contributed by atoms with Crippen LogP contribution in [-0.4, -0.2) is 59.2 Å². The summed E-state index contributed by atoms with van der Waals surface area (Å²) in [6.07, 6.45) is 3.33. The van der Waals surface area contributed by atoms with Crippen molar-refractivity contribution in [1.29, 1.82) is 0 Å². The normalized spacial score (nSPS) is 9.71. The van der Waals surface area contributed by atoms with Gasteiger partial charge in [-0.2, -0.15) is 0 Å². The molecule has 0 aliphatic carbocycles. The average Bonchev–Trinajstić information content (AvgIpc) is 3.00. The van der Waals surface area contributed by atoms with Crippen LogP contribution >= 0.6 is 24.8 Å². The van der Waals surface area contributed by atoms with Crippen LogP contribution < -0.4 is 10.6 Å². The maximum atomic E-state index is 11.9. The van der Waals surface area contributed by atoms with Gasteiger partial charge in [-0.1, -0.05) is 11.3 Å². The fourth-order valence-electron chi connectivity index (χ4n) is 1.79. The summed E-state index contributed by atoms with van der Waals surface area (Å²) in [5, 5.41) is 13.7. The third kappa shape index (κ3) is 7.69. The minimum atomic E-state index is -0.235. The van der Waals surface area contributed by atoms with Crippen LogP contribution in [0.2, 0.25) is 0 Å². The molecule has 0 radical (unpaired) electrons. The highest BCUT2D eigenvalue weighted by Crippen LogP contribution is 1.99. The fourth-order valence-corrected chi connectivity index (χ4v) is 1.79. The van der Waals surface area contributed by atoms with Crippen molar-refractivity contribution in [2.45, 2.75) is 6.54 Å². The molecule has 0 unspecified atom stereocenters. The summed E-state index contributed by atoms with van der Waals surface area (Å²) < 4.78 is 6.51. The Morgan fingerprint density at radius 3 is 2.79 bits per heavy atom. The molecule has 2 heterocycles. The van der Waals surface area contributed by atoms with Crippen LogP contribution in [0.25, 0.3) is 0 Å². The summed E-state index contributed by atoms with van der Waals surface area (Å²) >= 11 is 0. The quantitative estimate of drug-likeness (QED) is 0.620. The van der Waals surface area contributed by atoms with Crippen molar-refractivity contribution in [3.8, 4) is 0 Å². The zero-order valence-electron chi connectivity index (χ0n) is 13.3. The highest BCUT2D eigenvalue weighted by molar-refractivity contribution is 5.91. The Morgan fingerprint density at radius 2 is 2.08 bits per heavy atom. The van der Waals surface area contributed by atoms with Crippen molar-refractivity contribution < 1.29 is 9.53 Å². The third-order valence-electron chi connectivity index (χ3n) is 2.89. The molecule has 0 saturated carbocycles. The predicted molar refractivity (Wildman–Crippen MR) is 94.9 cm³/mol. The first kappa shape index (κ1) is 22.3. The van der Waals surface area contributed by atoms with Gasteiger partial charge in [-0.3, -0.25) is 9.78 Å². The number of methoxy groups -OCH3 is 1. The largest absolute Gasteiger partial charge is 0.383 e. The Hall–Kier alpha value is -1.74. The second kappa shape index (κ2) is 12.7. The van der Waals surface area contributed by atoms with Crippen molar-refractivity contribution in [2.24, 2.45) is 0 Å². The Labute approximate surface area is 153 Å². The van der Waals surface area contributed by atoms with E-state index in [1.807, 2.05) is 18.2 Å². The van der Waals surface area contributed by atoms with Crippen LogP contribution in [0, 0.1) is 0 Å². The SMILES string of the molecule is COCCNCCNC(=O)c1cn(Cc2ccccn2)nn1.Cl.Cl. The van der Waals surface area contributed by atoms with Gasteiger partial charge in [0.15, 0.2) is 5.69 Å². The molecule has 24 heavy (non-hydrogen) atoms. The number of pyridine rings is 1. The molecule has 0 saturated heterocycles. The van der Waals surface area contributed by atoms with Gasteiger partial charge in [-0.25, -0.2) is 4.68 Å². The molecule has 0 aromatic carbocycles. The molecule has 0 spiro atoms. The first-order chi connectivity index (χ1) is 10.8. The van der Waals surface area contributed by atoms with Crippen LogP contribution in [0.1, 0.15) is 16.2 Å². The maximum absolute atomic E-state index is 11.9. The number of hydrogen-bond acceptors (Lipinski definition) is 6. The average molecular weight is 377 g/mol. The molecule has 0 aliphatic rings. The molecule has 0 atom stereocenters. The number of ether oxygens (including phenoxy) is 1. The number of carbonyl (C=O) groups is 1. The van der Waals surface area contributed by atoms with Gasteiger partial charge in [0.1, 0.15) is 0 Å². The second-order valence-corrected chi connectivity index (χ2v) is 4.62. The number of rotatable bonds is 9. The number of aromatic nitrogens is 4. The van der Waals surface area contributed by atoms with Gasteiger partial charge in [0.2, 0.25) is 0 Å². The molecular formula is C14H22Cl2N6O2. The molecule has 2 aromatic heterocycles. The zero-order valence-corrected chi connectivity index (χ0v) is 15.0. The Balaban J connectivity index is 0.00000264. The summed E-state index contributed by atoms with van der Waals surface area (Å²) in [5.41, 5.74) is 1.16. The Morgan fingerprint density at radius 1 is 1.25 bits per heavy atom. The standard InChI is InChI=1S/C14H20N6O2.2ClH/c1-22-9-8-15-6-7-17-14(21)13-11-20(19-18-13)10-12-4-2-3-5-16-12;;/h2-5,11,15H,6-10H2,1H3,(H,17,21);2*1H. The first-order valence-electron chi connectivity index (χ1n) is 7.07. The van der Waals surface area contributed by atoms with Gasteiger partial charge in [-0.05, 0) is 12.1 Å². The number of amides is 1. The molecule has 2 aromatic rings. The summed E-state index contributed by atoms with van der Waals surface area (Å²) in [5.74, 6) is -0.235. The van der Waals surface area contributed by atoms with Crippen molar-refractivity contribution in [2.75, 3.05) is 33.4 Å². The van der Waals surface area contributed by atoms with E-state index in [-0.39, 0.29) is 30.7 Å². The third-order valence-corrected chi connectivity index (χ3v) is 2.89. The van der Waals surface area contributed by atoms with Gasteiger partial charge in [0.05, 0.1) is 25.0 Å². The number of nitrogens with zero attached hydrogens (tertiary/aromatic N) is 4. The van der Waals surface area contributed by atoms with Gasteiger partial charge in [0, 0.05) is 32.9 Å². The Kier molecular flexibility index (Phi) is 11.7. The molecular weight excluding hydrogens is 355 g/mol. The van der Waals surface area contributed by atoms with E-state index in [0.29, 0.717) is 31.9 Å². The van der Waals surface area contributed by atoms with Crippen molar-refractivity contribution in [1.82, 2.24) is 30.6 Å². The van der Waals surface area contributed by atoms with E-state index in [1.165, 1.54) is 0 Å². The van der Waals surface area contributed by atoms with E-state index in [0.717, 1.165) is 12.2 Å². The smallest absolute Gasteiger partial charge is 0.273 e. The maximum Gasteiger partial charge on any atom is 0.273 e. The summed E-state index contributed by atoms with van der Waals surface area (Å²) in [4.78, 5) is 16.1. The number of nitrogens with one attached hydrogen (secondary N) is 2. The second-order valence-electron chi connectivity index (χ2n) is 4.62. The highest BCUT2D eigenvalue weighted by atomic mass is 35.5. The van der Waals surface area contributed by atoms with Crippen LogP contribution in [0.3, 0.4) is 0 Å². The molecule has 2 rings (SSSR count). The van der Waals surface area contributed by atoms with E-state index in [2.05, 4.69) is 25.9 Å². The Bertz CT molecular complexity index is 582. The summed E-state index contributed by atoms with van der Waals surface area (Å²) in [6, 6.07) is 5.65. The number of carbonyl (C=O) groups excluding carboxylic acids is 1. The minimum absolute atomic E-state index is 0. The molecule has 1 amide bonds. The molecule has 134 valence electrons. The van der Waals surface area contributed by atoms with E-state index >= 15 is 0 Å². The topological polar surface area (TPSA) is 94.0 Å². The van der Waals surface area contributed by atoms with Crippen molar-refractivity contribution in [3.63, 3.8) is 0 Å². The lowest BCUT2D eigenvalue weighted by Gasteiger charge is -2.04. The van der Waals surface area contributed by atoms with E-state index in [4.69, 9.17) is 4.74 Å². The van der Waals surface area contributed by atoms with E-state index in [9.17, 15) is 4.79 Å². The molecule has 2 N–H and O–H groups in total. The van der Waals surface area contributed by atoms with Crippen molar-refractivity contribution >= 4 is 30.7 Å². The molecule has 0 aliphatic heterocycles. The zero-order chi connectivity index (χ0) is 15.6. The minimum Gasteiger partial charge on any atom is -0.383 e. The van der Waals surface area contributed by atoms with Gasteiger partial charge in [0.25, 0.3) is 5.91 Å². The molecule has 0 bridgehead atoms. The fraction of sp³-hybridized carbons (Fsp3) is 0.429. The van der Waals surface area contributed by atoms with Crippen LogP contribution in [0.5, 0.6) is 0 Å². The lowest BCUT2D eigenvalue weighted by molar-refractivity contribution is 0.0948. The van der Waals surface area contributed by atoms with Crippen LogP contribution in [0.4, 0.5) is 0 Å².